The van der Waals surface area contributed by atoms with Gasteiger partial charge in [0, 0.05) is 13.2 Å². The third-order valence-electron chi connectivity index (χ3n) is 1.99. The second-order valence-corrected chi connectivity index (χ2v) is 2.83. The molecule has 72 valence electrons. The second-order valence-electron chi connectivity index (χ2n) is 2.83. The van der Waals surface area contributed by atoms with Gasteiger partial charge in [-0.2, -0.15) is 0 Å². The summed E-state index contributed by atoms with van der Waals surface area (Å²) in [6, 6.07) is 3.55. The number of nitrogens with zero attached hydrogens (tertiary/aromatic N) is 3. The van der Waals surface area contributed by atoms with Gasteiger partial charge in [0.25, 0.3) is 5.88 Å². The molecule has 0 aliphatic carbocycles. The van der Waals surface area contributed by atoms with Crippen LogP contribution in [-0.4, -0.2) is 21.6 Å². The largest absolute Gasteiger partial charge is 0.477 e. The number of ether oxygens (including phenoxy) is 1. The Kier molecular flexibility index (Phi) is 1.92. The molecule has 2 heterocycles. The molecule has 5 nitrogen and oxygen atoms in total. The summed E-state index contributed by atoms with van der Waals surface area (Å²) in [6.45, 7) is 0. The quantitative estimate of drug-likeness (QED) is 0.652. The van der Waals surface area contributed by atoms with Gasteiger partial charge >= 0.3 is 5.56 Å². The maximum atomic E-state index is 11.5. The molecule has 0 saturated heterocycles. The van der Waals surface area contributed by atoms with Gasteiger partial charge in [0.1, 0.15) is 5.52 Å². The van der Waals surface area contributed by atoms with E-state index in [1.165, 1.54) is 11.7 Å². The summed E-state index contributed by atoms with van der Waals surface area (Å²) in [5.41, 5.74) is 0.920. The summed E-state index contributed by atoms with van der Waals surface area (Å²) < 4.78 is 6.28. The molecule has 0 amide bonds. The standard InChI is InChI=1S/C9H9N3O2/c1-12-7-6(4-3-5-10-7)11-8(14-2)9(12)13/h3-5H,1-2H3. The van der Waals surface area contributed by atoms with Crippen LogP contribution < -0.4 is 10.3 Å². The van der Waals surface area contributed by atoms with Crippen molar-refractivity contribution in [2.45, 2.75) is 0 Å². The minimum absolute atomic E-state index is 0.0907. The fraction of sp³-hybridized carbons (Fsp3) is 0.222. The van der Waals surface area contributed by atoms with Gasteiger partial charge < -0.3 is 4.74 Å². The van der Waals surface area contributed by atoms with Gasteiger partial charge in [-0.3, -0.25) is 9.36 Å². The van der Waals surface area contributed by atoms with Crippen LogP contribution in [0.3, 0.4) is 0 Å². The Morgan fingerprint density at radius 2 is 2.29 bits per heavy atom. The van der Waals surface area contributed by atoms with E-state index in [0.29, 0.717) is 11.2 Å². The molecule has 0 radical (unpaired) electrons. The smallest absolute Gasteiger partial charge is 0.314 e. The van der Waals surface area contributed by atoms with E-state index in [2.05, 4.69) is 9.97 Å². The third-order valence-corrected chi connectivity index (χ3v) is 1.99. The normalized spacial score (nSPS) is 10.4. The Labute approximate surface area is 80.0 Å². The van der Waals surface area contributed by atoms with Gasteiger partial charge in [0.05, 0.1) is 7.11 Å². The molecule has 2 rings (SSSR count). The summed E-state index contributed by atoms with van der Waals surface area (Å²) in [6.07, 6.45) is 1.62. The molecule has 2 aromatic heterocycles. The van der Waals surface area contributed by atoms with Gasteiger partial charge in [-0.05, 0) is 12.1 Å². The first kappa shape index (κ1) is 8.68. The molecule has 5 heteroatoms. The van der Waals surface area contributed by atoms with Crippen LogP contribution in [0.15, 0.2) is 23.1 Å². The zero-order chi connectivity index (χ0) is 10.1. The molecule has 2 aromatic rings. The van der Waals surface area contributed by atoms with Crippen molar-refractivity contribution >= 4 is 11.2 Å². The lowest BCUT2D eigenvalue weighted by molar-refractivity contribution is 0.389. The van der Waals surface area contributed by atoms with Crippen LogP contribution in [-0.2, 0) is 7.05 Å². The minimum Gasteiger partial charge on any atom is -0.477 e. The van der Waals surface area contributed by atoms with Crippen molar-refractivity contribution in [2.24, 2.45) is 7.05 Å². The molecule has 0 aromatic carbocycles. The van der Waals surface area contributed by atoms with E-state index in [9.17, 15) is 4.79 Å². The predicted octanol–water partition coefficient (Wildman–Crippen LogP) is 0.337. The highest BCUT2D eigenvalue weighted by Gasteiger charge is 2.07. The summed E-state index contributed by atoms with van der Waals surface area (Å²) in [5, 5.41) is 0. The second kappa shape index (κ2) is 3.10. The number of aryl methyl sites for hydroxylation is 1. The van der Waals surface area contributed by atoms with Gasteiger partial charge in [-0.25, -0.2) is 9.97 Å². The zero-order valence-corrected chi connectivity index (χ0v) is 7.89. The lowest BCUT2D eigenvalue weighted by atomic mass is 10.4. The average Bonchev–Trinajstić information content (AvgIpc) is 2.23. The molecule has 0 bridgehead atoms. The van der Waals surface area contributed by atoms with Crippen LogP contribution in [0.2, 0.25) is 0 Å². The molecule has 14 heavy (non-hydrogen) atoms. The van der Waals surface area contributed by atoms with Crippen LogP contribution in [0.1, 0.15) is 0 Å². The van der Waals surface area contributed by atoms with Crippen molar-refractivity contribution in [3.05, 3.63) is 28.7 Å². The molecule has 0 aliphatic rings. The monoisotopic (exact) mass is 191 g/mol. The Morgan fingerprint density at radius 3 is 3.00 bits per heavy atom. The first-order valence-electron chi connectivity index (χ1n) is 4.10. The molecular formula is C9H9N3O2. The molecule has 0 unspecified atom stereocenters. The number of fused-ring (bicyclic) bond motifs is 1. The SMILES string of the molecule is COc1nc2cccnc2n(C)c1=O. The fourth-order valence-electron chi connectivity index (χ4n) is 1.26. The fourth-order valence-corrected chi connectivity index (χ4v) is 1.26. The zero-order valence-electron chi connectivity index (χ0n) is 7.89. The average molecular weight is 191 g/mol. The lowest BCUT2D eigenvalue weighted by Gasteiger charge is -2.04. The maximum absolute atomic E-state index is 11.5. The van der Waals surface area contributed by atoms with Gasteiger partial charge in [0.15, 0.2) is 5.65 Å². The first-order chi connectivity index (χ1) is 6.74. The number of pyridine rings is 1. The third kappa shape index (κ3) is 1.14. The molecule has 0 fully saturated rings. The van der Waals surface area contributed by atoms with Crippen LogP contribution >= 0.6 is 0 Å². The highest BCUT2D eigenvalue weighted by molar-refractivity contribution is 5.70. The van der Waals surface area contributed by atoms with E-state index in [1.807, 2.05) is 0 Å². The number of aromatic nitrogens is 3. The van der Waals surface area contributed by atoms with E-state index in [-0.39, 0.29) is 11.4 Å². The van der Waals surface area contributed by atoms with E-state index < -0.39 is 0 Å². The first-order valence-corrected chi connectivity index (χ1v) is 4.10. The predicted molar refractivity (Wildman–Crippen MR) is 51.3 cm³/mol. The molecule has 0 atom stereocenters. The number of hydrogen-bond donors (Lipinski definition) is 0. The van der Waals surface area contributed by atoms with Crippen molar-refractivity contribution in [1.82, 2.24) is 14.5 Å². The highest BCUT2D eigenvalue weighted by Crippen LogP contribution is 2.08. The summed E-state index contributed by atoms with van der Waals surface area (Å²) in [4.78, 5) is 19.6. The van der Waals surface area contributed by atoms with E-state index in [1.54, 1.807) is 25.4 Å². The van der Waals surface area contributed by atoms with Crippen LogP contribution in [0, 0.1) is 0 Å². The van der Waals surface area contributed by atoms with Crippen molar-refractivity contribution in [2.75, 3.05) is 7.11 Å². The highest BCUT2D eigenvalue weighted by atomic mass is 16.5. The summed E-state index contributed by atoms with van der Waals surface area (Å²) >= 11 is 0. The number of methoxy groups -OCH3 is 1. The van der Waals surface area contributed by atoms with Crippen molar-refractivity contribution < 1.29 is 4.74 Å². The molecular weight excluding hydrogens is 182 g/mol. The van der Waals surface area contributed by atoms with Crippen molar-refractivity contribution in [3.8, 4) is 5.88 Å². The minimum atomic E-state index is -0.279. The summed E-state index contributed by atoms with van der Waals surface area (Å²) in [5.74, 6) is 0.0907. The Balaban J connectivity index is 2.92. The van der Waals surface area contributed by atoms with Gasteiger partial charge in [0.2, 0.25) is 0 Å². The van der Waals surface area contributed by atoms with Gasteiger partial charge in [-0.15, -0.1) is 0 Å². The Bertz CT molecular complexity index is 533. The molecule has 0 saturated carbocycles. The molecule has 0 spiro atoms. The van der Waals surface area contributed by atoms with E-state index >= 15 is 0 Å². The van der Waals surface area contributed by atoms with Crippen LogP contribution in [0.5, 0.6) is 5.88 Å². The molecule has 0 aliphatic heterocycles. The van der Waals surface area contributed by atoms with Crippen LogP contribution in [0.25, 0.3) is 11.2 Å². The number of rotatable bonds is 1. The Morgan fingerprint density at radius 1 is 1.50 bits per heavy atom. The summed E-state index contributed by atoms with van der Waals surface area (Å²) in [7, 11) is 3.06. The van der Waals surface area contributed by atoms with Crippen LogP contribution in [0.4, 0.5) is 0 Å². The van der Waals surface area contributed by atoms with Crippen molar-refractivity contribution in [1.29, 1.82) is 0 Å². The van der Waals surface area contributed by atoms with Crippen molar-refractivity contribution in [3.63, 3.8) is 0 Å². The Hall–Kier alpha value is -1.91. The number of hydrogen-bond acceptors (Lipinski definition) is 4. The van der Waals surface area contributed by atoms with E-state index in [4.69, 9.17) is 4.74 Å². The molecule has 0 N–H and O–H groups in total. The van der Waals surface area contributed by atoms with Gasteiger partial charge in [-0.1, -0.05) is 0 Å². The lowest BCUT2D eigenvalue weighted by Crippen LogP contribution is -2.20. The van der Waals surface area contributed by atoms with E-state index in [0.717, 1.165) is 0 Å². The topological polar surface area (TPSA) is 57.0 Å². The maximum Gasteiger partial charge on any atom is 0.314 e.